The lowest BCUT2D eigenvalue weighted by molar-refractivity contribution is -0.135. The number of aromatic nitrogens is 2. The molecule has 2 N–H and O–H groups in total. The first-order valence-electron chi connectivity index (χ1n) is 4.85. The molecule has 0 aliphatic heterocycles. The van der Waals surface area contributed by atoms with E-state index in [1.807, 2.05) is 24.3 Å². The zero-order valence-corrected chi connectivity index (χ0v) is 8.77. The Morgan fingerprint density at radius 1 is 1.50 bits per heavy atom. The second-order valence-corrected chi connectivity index (χ2v) is 3.40. The van der Waals surface area contributed by atoms with Crippen molar-refractivity contribution in [1.82, 2.24) is 9.97 Å². The van der Waals surface area contributed by atoms with E-state index in [1.165, 1.54) is 0 Å². The van der Waals surface area contributed by atoms with Crippen LogP contribution in [-0.4, -0.2) is 33.3 Å². The van der Waals surface area contributed by atoms with Gasteiger partial charge in [0.05, 0.1) is 16.7 Å². The smallest absolute Gasteiger partial charge is 0.325 e. The van der Waals surface area contributed by atoms with Crippen LogP contribution in [0.1, 0.15) is 12.7 Å². The van der Waals surface area contributed by atoms with E-state index in [1.54, 1.807) is 6.92 Å². The summed E-state index contributed by atoms with van der Waals surface area (Å²) in [6, 6.07) is 7.61. The molecule has 1 aromatic heterocycles. The van der Waals surface area contributed by atoms with E-state index in [9.17, 15) is 4.79 Å². The van der Waals surface area contributed by atoms with E-state index >= 15 is 0 Å². The molecule has 5 heteroatoms. The number of rotatable bonds is 3. The van der Waals surface area contributed by atoms with Gasteiger partial charge in [0.1, 0.15) is 6.54 Å². The Balaban J connectivity index is 2.33. The van der Waals surface area contributed by atoms with Crippen LogP contribution in [0.15, 0.2) is 29.3 Å². The number of nitrogens with zero attached hydrogens (tertiary/aromatic N) is 2. The fourth-order valence-electron chi connectivity index (χ4n) is 1.39. The Hall–Kier alpha value is -2.17. The Kier molecular flexibility index (Phi) is 2.68. The van der Waals surface area contributed by atoms with Crippen molar-refractivity contribution >= 4 is 22.7 Å². The molecule has 0 saturated carbocycles. The van der Waals surface area contributed by atoms with Gasteiger partial charge in [0.2, 0.25) is 0 Å². The molecule has 0 bridgehead atoms. The van der Waals surface area contributed by atoms with E-state index in [4.69, 9.17) is 5.11 Å². The van der Waals surface area contributed by atoms with E-state index in [0.717, 1.165) is 11.0 Å². The Bertz CT molecular complexity index is 524. The van der Waals surface area contributed by atoms with Crippen molar-refractivity contribution in [3.05, 3.63) is 30.1 Å². The van der Waals surface area contributed by atoms with Crippen LogP contribution in [0, 0.1) is 0 Å². The summed E-state index contributed by atoms with van der Waals surface area (Å²) in [6.45, 7) is 1.50. The second-order valence-electron chi connectivity index (χ2n) is 3.40. The molecule has 0 saturated heterocycles. The van der Waals surface area contributed by atoms with Gasteiger partial charge >= 0.3 is 5.97 Å². The number of benzene rings is 1. The molecule has 16 heavy (non-hydrogen) atoms. The van der Waals surface area contributed by atoms with Gasteiger partial charge < -0.3 is 10.1 Å². The summed E-state index contributed by atoms with van der Waals surface area (Å²) in [5.41, 5.74) is 2.36. The molecule has 2 aromatic rings. The largest absolute Gasteiger partial charge is 0.480 e. The van der Waals surface area contributed by atoms with Crippen LogP contribution in [0.25, 0.3) is 11.0 Å². The summed E-state index contributed by atoms with van der Waals surface area (Å²) in [7, 11) is 0. The van der Waals surface area contributed by atoms with Crippen molar-refractivity contribution in [3.8, 4) is 0 Å². The van der Waals surface area contributed by atoms with E-state index in [0.29, 0.717) is 11.5 Å². The second kappa shape index (κ2) is 4.14. The van der Waals surface area contributed by atoms with Crippen LogP contribution < -0.4 is 0 Å². The molecule has 0 atom stereocenters. The number of nitrogens with one attached hydrogen (secondary N) is 1. The quantitative estimate of drug-likeness (QED) is 0.764. The van der Waals surface area contributed by atoms with E-state index in [2.05, 4.69) is 15.0 Å². The minimum atomic E-state index is -0.949. The molecule has 0 spiro atoms. The van der Waals surface area contributed by atoms with Crippen molar-refractivity contribution in [2.75, 3.05) is 6.54 Å². The van der Waals surface area contributed by atoms with Gasteiger partial charge in [-0.25, -0.2) is 4.98 Å². The number of hydrogen-bond acceptors (Lipinski definition) is 3. The Morgan fingerprint density at radius 3 is 2.94 bits per heavy atom. The summed E-state index contributed by atoms with van der Waals surface area (Å²) >= 11 is 0. The maximum Gasteiger partial charge on any atom is 0.325 e. The molecule has 2 rings (SSSR count). The van der Waals surface area contributed by atoms with E-state index < -0.39 is 5.97 Å². The SMILES string of the molecule is CC(=NCC(=O)O)c1nc2ccccc2[nH]1. The standard InChI is InChI=1S/C11H11N3O2/c1-7(12-6-10(15)16)11-13-8-4-2-3-5-9(8)14-11/h2-5H,6H2,1H3,(H,13,14)(H,15,16). The minimum absolute atomic E-state index is 0.233. The van der Waals surface area contributed by atoms with Crippen LogP contribution >= 0.6 is 0 Å². The van der Waals surface area contributed by atoms with Crippen LogP contribution in [0.2, 0.25) is 0 Å². The highest BCUT2D eigenvalue weighted by atomic mass is 16.4. The number of imidazole rings is 1. The fourth-order valence-corrected chi connectivity index (χ4v) is 1.39. The molecule has 82 valence electrons. The molecule has 0 fully saturated rings. The first-order valence-corrected chi connectivity index (χ1v) is 4.85. The average Bonchev–Trinajstić information content (AvgIpc) is 2.69. The highest BCUT2D eigenvalue weighted by molar-refractivity contribution is 5.98. The third-order valence-corrected chi connectivity index (χ3v) is 2.18. The van der Waals surface area contributed by atoms with Crippen molar-refractivity contribution < 1.29 is 9.90 Å². The minimum Gasteiger partial charge on any atom is -0.480 e. The lowest BCUT2D eigenvalue weighted by atomic mass is 10.3. The number of aliphatic imine (C=N–C) groups is 1. The number of para-hydroxylation sites is 2. The normalized spacial score (nSPS) is 11.9. The van der Waals surface area contributed by atoms with Crippen LogP contribution in [0.3, 0.4) is 0 Å². The number of aliphatic carboxylic acids is 1. The van der Waals surface area contributed by atoms with Crippen molar-refractivity contribution in [1.29, 1.82) is 0 Å². The number of fused-ring (bicyclic) bond motifs is 1. The number of H-pyrrole nitrogens is 1. The summed E-state index contributed by atoms with van der Waals surface area (Å²) in [4.78, 5) is 21.7. The van der Waals surface area contributed by atoms with Gasteiger partial charge in [-0.15, -0.1) is 0 Å². The maximum atomic E-state index is 10.4. The fraction of sp³-hybridized carbons (Fsp3) is 0.182. The molecule has 1 heterocycles. The summed E-state index contributed by atoms with van der Waals surface area (Å²) in [6.07, 6.45) is 0. The Morgan fingerprint density at radius 2 is 2.25 bits per heavy atom. The maximum absolute atomic E-state index is 10.4. The van der Waals surface area contributed by atoms with Gasteiger partial charge in [0.25, 0.3) is 0 Å². The predicted octanol–water partition coefficient (Wildman–Crippen LogP) is 1.46. The molecule has 0 aliphatic rings. The van der Waals surface area contributed by atoms with E-state index in [-0.39, 0.29) is 6.54 Å². The van der Waals surface area contributed by atoms with Gasteiger partial charge in [-0.3, -0.25) is 9.79 Å². The summed E-state index contributed by atoms with van der Waals surface area (Å²) in [5, 5.41) is 8.51. The third-order valence-electron chi connectivity index (χ3n) is 2.18. The van der Waals surface area contributed by atoms with Crippen molar-refractivity contribution in [2.24, 2.45) is 4.99 Å². The van der Waals surface area contributed by atoms with Crippen LogP contribution in [0.5, 0.6) is 0 Å². The van der Waals surface area contributed by atoms with Gasteiger partial charge in [-0.2, -0.15) is 0 Å². The number of carboxylic acids is 1. The van der Waals surface area contributed by atoms with Gasteiger partial charge in [0.15, 0.2) is 5.82 Å². The van der Waals surface area contributed by atoms with Crippen molar-refractivity contribution in [2.45, 2.75) is 6.92 Å². The summed E-state index contributed by atoms with van der Waals surface area (Å²) in [5.74, 6) is -0.335. The third kappa shape index (κ3) is 2.08. The Labute approximate surface area is 91.9 Å². The molecular weight excluding hydrogens is 206 g/mol. The van der Waals surface area contributed by atoms with Crippen LogP contribution in [-0.2, 0) is 4.79 Å². The molecule has 0 aliphatic carbocycles. The topological polar surface area (TPSA) is 78.3 Å². The van der Waals surface area contributed by atoms with Crippen LogP contribution in [0.4, 0.5) is 0 Å². The zero-order valence-electron chi connectivity index (χ0n) is 8.77. The number of hydrogen-bond donors (Lipinski definition) is 2. The number of aromatic amines is 1. The average molecular weight is 217 g/mol. The molecule has 1 aromatic carbocycles. The van der Waals surface area contributed by atoms with Gasteiger partial charge in [-0.05, 0) is 19.1 Å². The molecule has 0 unspecified atom stereocenters. The summed E-state index contributed by atoms with van der Waals surface area (Å²) < 4.78 is 0. The monoisotopic (exact) mass is 217 g/mol. The molecular formula is C11H11N3O2. The first kappa shape index (κ1) is 10.4. The number of carbonyl (C=O) groups is 1. The number of carboxylic acid groups (broad SMARTS) is 1. The van der Waals surface area contributed by atoms with Gasteiger partial charge in [-0.1, -0.05) is 12.1 Å². The highest BCUT2D eigenvalue weighted by Crippen LogP contribution is 2.10. The van der Waals surface area contributed by atoms with Crippen molar-refractivity contribution in [3.63, 3.8) is 0 Å². The molecule has 0 radical (unpaired) electrons. The lowest BCUT2D eigenvalue weighted by Crippen LogP contribution is -2.05. The molecule has 0 amide bonds. The first-order chi connectivity index (χ1) is 7.66. The lowest BCUT2D eigenvalue weighted by Gasteiger charge is -1.93. The highest BCUT2D eigenvalue weighted by Gasteiger charge is 2.05. The molecule has 5 nitrogen and oxygen atoms in total. The zero-order chi connectivity index (χ0) is 11.5. The van der Waals surface area contributed by atoms with Gasteiger partial charge in [0, 0.05) is 0 Å². The predicted molar refractivity (Wildman–Crippen MR) is 60.8 cm³/mol.